The first-order valence-corrected chi connectivity index (χ1v) is 33.8. The first-order chi connectivity index (χ1) is 43.8. The Morgan fingerprint density at radius 2 is 0.767 bits per heavy atom. The summed E-state index contributed by atoms with van der Waals surface area (Å²) in [4.78, 5) is 13.3. The molecule has 1 amide bonds. The SMILES string of the molecule is CC/C=C\C/C=C\C/C=C\C/C=C\C/C=C\C/C=C\C/C=C\C/C=C\C/C=C\CCCCCCCCCC(=O)NC(COC1OC(CO)C(OC2OC(CO)C(OC3OC(CO)C(O)C(O)C3O)C(O)C2O)C(O)C1O)C(O)/C=C/CCCCCCCCCC. The number of ether oxygens (including phenoxy) is 6. The zero-order valence-corrected chi connectivity index (χ0v) is 54.1. The van der Waals surface area contributed by atoms with Gasteiger partial charge in [-0.1, -0.05) is 212 Å². The van der Waals surface area contributed by atoms with Crippen LogP contribution in [-0.4, -0.2) is 193 Å². The molecule has 0 spiro atoms. The molecule has 3 heterocycles. The van der Waals surface area contributed by atoms with E-state index in [1.165, 1.54) is 32.1 Å². The first kappa shape index (κ1) is 80.4. The van der Waals surface area contributed by atoms with Gasteiger partial charge >= 0.3 is 0 Å². The normalized spacial score (nSPS) is 28.8. The molecule has 90 heavy (non-hydrogen) atoms. The molecule has 3 saturated heterocycles. The Morgan fingerprint density at radius 1 is 0.411 bits per heavy atom. The van der Waals surface area contributed by atoms with E-state index >= 15 is 0 Å². The summed E-state index contributed by atoms with van der Waals surface area (Å²) in [5.41, 5.74) is 0. The lowest BCUT2D eigenvalue weighted by Crippen LogP contribution is -2.66. The number of hydrogen-bond donors (Lipinski definition) is 12. The molecule has 0 aliphatic carbocycles. The summed E-state index contributed by atoms with van der Waals surface area (Å²) in [5, 5.41) is 120. The van der Waals surface area contributed by atoms with Crippen LogP contribution in [0.2, 0.25) is 0 Å². The Hall–Kier alpha value is -3.81. The summed E-state index contributed by atoms with van der Waals surface area (Å²) in [5.74, 6) is -0.295. The van der Waals surface area contributed by atoms with Crippen molar-refractivity contribution in [2.45, 2.75) is 291 Å². The summed E-state index contributed by atoms with van der Waals surface area (Å²) in [7, 11) is 0. The molecule has 0 aromatic carbocycles. The van der Waals surface area contributed by atoms with Crippen molar-refractivity contribution in [1.82, 2.24) is 5.32 Å². The Kier molecular flexibility index (Phi) is 46.1. The summed E-state index contributed by atoms with van der Waals surface area (Å²) in [6.45, 7) is 1.54. The van der Waals surface area contributed by atoms with Gasteiger partial charge in [-0.05, 0) is 89.9 Å². The molecule has 0 saturated carbocycles. The topological polar surface area (TPSA) is 307 Å². The van der Waals surface area contributed by atoms with Crippen molar-refractivity contribution in [2.24, 2.45) is 0 Å². The number of amides is 1. The molecule has 0 radical (unpaired) electrons. The Labute approximate surface area is 538 Å². The standard InChI is InChI=1S/C71H117NO18/c1-3-5-7-9-11-13-15-16-17-18-19-20-21-22-23-24-25-26-27-28-29-30-31-32-33-34-35-36-37-38-39-41-43-45-47-49-59(77)72-54(55(76)48-46-44-42-40-14-12-10-8-6-4-2)53-85-69-65(83)62(80)67(57(51-74)87-69)90-71-66(84)63(81)68(58(52-75)88-71)89-70-64(82)61(79)60(78)56(50-73)86-70/h5,7,11,13,16-17,19-20,22-23,25-26,28-29,31-32,34-35,46,48,54-58,60-71,73-76,78-84H,3-4,6,8-10,12,14-15,18,21,24,27,30,33,36-45,47,49-53H2,1-2H3,(H,72,77)/b7-5-,13-11-,17-16-,20-19-,23-22-,26-25-,29-28-,32-31-,35-34-,48-46+. The zero-order valence-electron chi connectivity index (χ0n) is 54.1. The molecule has 19 heteroatoms. The van der Waals surface area contributed by atoms with Gasteiger partial charge in [0.05, 0.1) is 38.6 Å². The van der Waals surface area contributed by atoms with Gasteiger partial charge in [0, 0.05) is 6.42 Å². The molecule has 17 atom stereocenters. The van der Waals surface area contributed by atoms with Crippen molar-refractivity contribution < 1.29 is 89.4 Å². The fourth-order valence-electron chi connectivity index (χ4n) is 10.5. The minimum atomic E-state index is -1.98. The van der Waals surface area contributed by atoms with Gasteiger partial charge < -0.3 is 89.9 Å². The van der Waals surface area contributed by atoms with Crippen LogP contribution in [0, 0.1) is 0 Å². The zero-order chi connectivity index (χ0) is 65.4. The van der Waals surface area contributed by atoms with Crippen LogP contribution in [0.15, 0.2) is 122 Å². The second-order valence-electron chi connectivity index (χ2n) is 23.6. The molecular weight excluding hydrogens is 1150 g/mol. The van der Waals surface area contributed by atoms with Gasteiger partial charge in [0.2, 0.25) is 5.91 Å². The van der Waals surface area contributed by atoms with Gasteiger partial charge in [-0.25, -0.2) is 0 Å². The van der Waals surface area contributed by atoms with Gasteiger partial charge in [0.1, 0.15) is 73.2 Å². The van der Waals surface area contributed by atoms with Crippen LogP contribution in [0.5, 0.6) is 0 Å². The van der Waals surface area contributed by atoms with Gasteiger partial charge in [0.15, 0.2) is 18.9 Å². The number of aliphatic hydroxyl groups is 11. The maximum Gasteiger partial charge on any atom is 0.220 e. The molecule has 3 aliphatic rings. The third-order valence-electron chi connectivity index (χ3n) is 16.0. The summed E-state index contributed by atoms with van der Waals surface area (Å²) < 4.78 is 34.2. The van der Waals surface area contributed by atoms with Crippen LogP contribution < -0.4 is 5.32 Å². The highest BCUT2D eigenvalue weighted by atomic mass is 16.8. The first-order valence-electron chi connectivity index (χ1n) is 33.8. The number of carbonyl (C=O) groups excluding carboxylic acids is 1. The maximum atomic E-state index is 13.3. The quantitative estimate of drug-likeness (QED) is 0.0201. The second-order valence-corrected chi connectivity index (χ2v) is 23.6. The molecule has 17 unspecified atom stereocenters. The molecule has 514 valence electrons. The average Bonchev–Trinajstić information content (AvgIpc) is 1.08. The number of allylic oxidation sites excluding steroid dienone is 19. The highest BCUT2D eigenvalue weighted by Crippen LogP contribution is 2.33. The van der Waals surface area contributed by atoms with Crippen LogP contribution in [0.4, 0.5) is 0 Å². The van der Waals surface area contributed by atoms with Crippen LogP contribution in [0.25, 0.3) is 0 Å². The highest BCUT2D eigenvalue weighted by Gasteiger charge is 2.53. The molecule has 19 nitrogen and oxygen atoms in total. The highest BCUT2D eigenvalue weighted by molar-refractivity contribution is 5.76. The molecule has 0 aromatic heterocycles. The van der Waals surface area contributed by atoms with E-state index in [-0.39, 0.29) is 18.9 Å². The van der Waals surface area contributed by atoms with Crippen molar-refractivity contribution in [3.8, 4) is 0 Å². The molecular formula is C71H117NO18. The summed E-state index contributed by atoms with van der Waals surface area (Å²) >= 11 is 0. The number of unbranched alkanes of at least 4 members (excludes halogenated alkanes) is 15. The van der Waals surface area contributed by atoms with E-state index in [0.717, 1.165) is 128 Å². The van der Waals surface area contributed by atoms with E-state index in [2.05, 4.69) is 129 Å². The Balaban J connectivity index is 1.36. The van der Waals surface area contributed by atoms with E-state index in [9.17, 15) is 61.0 Å². The molecule has 12 N–H and O–H groups in total. The summed E-state index contributed by atoms with van der Waals surface area (Å²) in [6.07, 6.45) is 43.4. The third kappa shape index (κ3) is 33.3. The monoisotopic (exact) mass is 1270 g/mol. The predicted octanol–water partition coefficient (Wildman–Crippen LogP) is 8.43. The minimum absolute atomic E-state index is 0.222. The number of nitrogens with one attached hydrogen (secondary N) is 1. The van der Waals surface area contributed by atoms with Crippen LogP contribution >= 0.6 is 0 Å². The number of rotatable bonds is 49. The molecule has 3 fully saturated rings. The van der Waals surface area contributed by atoms with Crippen LogP contribution in [-0.2, 0) is 33.2 Å². The van der Waals surface area contributed by atoms with Crippen LogP contribution in [0.3, 0.4) is 0 Å². The van der Waals surface area contributed by atoms with Crippen molar-refractivity contribution in [3.05, 3.63) is 122 Å². The average molecular weight is 1270 g/mol. The maximum absolute atomic E-state index is 13.3. The summed E-state index contributed by atoms with van der Waals surface area (Å²) in [6, 6.07) is -0.986. The molecule has 0 bridgehead atoms. The molecule has 3 rings (SSSR count). The van der Waals surface area contributed by atoms with E-state index in [4.69, 9.17) is 28.4 Å². The fourth-order valence-corrected chi connectivity index (χ4v) is 10.5. The van der Waals surface area contributed by atoms with Crippen molar-refractivity contribution >= 4 is 5.91 Å². The smallest absolute Gasteiger partial charge is 0.220 e. The van der Waals surface area contributed by atoms with Gasteiger partial charge in [0.25, 0.3) is 0 Å². The van der Waals surface area contributed by atoms with Gasteiger partial charge in [-0.15, -0.1) is 0 Å². The van der Waals surface area contributed by atoms with E-state index in [1.54, 1.807) is 6.08 Å². The third-order valence-corrected chi connectivity index (χ3v) is 16.0. The van der Waals surface area contributed by atoms with Gasteiger partial charge in [-0.2, -0.15) is 0 Å². The van der Waals surface area contributed by atoms with Crippen LogP contribution in [0.1, 0.15) is 187 Å². The minimum Gasteiger partial charge on any atom is -0.394 e. The lowest BCUT2D eigenvalue weighted by Gasteiger charge is -2.48. The number of aliphatic hydroxyl groups excluding tert-OH is 11. The number of hydrogen-bond acceptors (Lipinski definition) is 18. The lowest BCUT2D eigenvalue weighted by molar-refractivity contribution is -0.379. The Morgan fingerprint density at radius 3 is 1.20 bits per heavy atom. The second kappa shape index (κ2) is 51.6. The van der Waals surface area contributed by atoms with E-state index in [0.29, 0.717) is 6.42 Å². The number of carbonyl (C=O) groups is 1. The van der Waals surface area contributed by atoms with E-state index < -0.39 is 124 Å². The molecule has 3 aliphatic heterocycles. The Bertz CT molecular complexity index is 2100. The molecule has 0 aromatic rings. The van der Waals surface area contributed by atoms with Crippen molar-refractivity contribution in [3.63, 3.8) is 0 Å². The largest absolute Gasteiger partial charge is 0.394 e. The predicted molar refractivity (Wildman–Crippen MR) is 350 cm³/mol. The van der Waals surface area contributed by atoms with Crippen molar-refractivity contribution in [2.75, 3.05) is 26.4 Å². The van der Waals surface area contributed by atoms with Crippen molar-refractivity contribution in [1.29, 1.82) is 0 Å². The fraction of sp³-hybridized carbons (Fsp3) is 0.704. The van der Waals surface area contributed by atoms with E-state index in [1.807, 2.05) is 6.08 Å². The van der Waals surface area contributed by atoms with Gasteiger partial charge in [-0.3, -0.25) is 4.79 Å². The lowest BCUT2D eigenvalue weighted by atomic mass is 9.96.